The van der Waals surface area contributed by atoms with Gasteiger partial charge in [0, 0.05) is 18.6 Å². The smallest absolute Gasteiger partial charge is 0.340 e. The molecule has 7 nitrogen and oxygen atoms in total. The number of nitrogens with one attached hydrogen (secondary N) is 1. The zero-order chi connectivity index (χ0) is 13.7. The molecule has 0 fully saturated rings. The van der Waals surface area contributed by atoms with Gasteiger partial charge < -0.3 is 10.1 Å². The van der Waals surface area contributed by atoms with E-state index in [-0.39, 0.29) is 29.3 Å². The van der Waals surface area contributed by atoms with Crippen LogP contribution >= 0.6 is 0 Å². The van der Waals surface area contributed by atoms with Gasteiger partial charge in [-0.05, 0) is 6.07 Å². The highest BCUT2D eigenvalue weighted by molar-refractivity contribution is 6.01. The number of hydrogen-bond acceptors (Lipinski definition) is 5. The maximum absolute atomic E-state index is 11.5. The van der Waals surface area contributed by atoms with Crippen LogP contribution in [0.5, 0.6) is 0 Å². The molecule has 0 aliphatic heterocycles. The number of methoxy groups -OCH3 is 1. The Morgan fingerprint density at radius 1 is 1.44 bits per heavy atom. The minimum atomic E-state index is -0.745. The number of nitrogens with zero attached hydrogens (tertiary/aromatic N) is 1. The van der Waals surface area contributed by atoms with Crippen LogP contribution in [0.25, 0.3) is 0 Å². The van der Waals surface area contributed by atoms with E-state index in [1.165, 1.54) is 12.1 Å². The lowest BCUT2D eigenvalue weighted by Gasteiger charge is -2.08. The average molecular weight is 252 g/mol. The molecule has 1 aromatic rings. The number of esters is 1. The zero-order valence-corrected chi connectivity index (χ0v) is 9.93. The van der Waals surface area contributed by atoms with E-state index in [4.69, 9.17) is 0 Å². The fraction of sp³-hybridized carbons (Fsp3) is 0.273. The van der Waals surface area contributed by atoms with Crippen LogP contribution < -0.4 is 5.32 Å². The van der Waals surface area contributed by atoms with Crippen LogP contribution in [-0.2, 0) is 9.53 Å². The maximum atomic E-state index is 11.5. The Labute approximate surface area is 103 Å². The number of non-ortho nitro benzene ring substituents is 1. The second kappa shape index (κ2) is 5.76. The largest absolute Gasteiger partial charge is 0.465 e. The van der Waals surface area contributed by atoms with E-state index < -0.39 is 10.9 Å². The molecule has 0 aromatic heterocycles. The zero-order valence-electron chi connectivity index (χ0n) is 9.93. The van der Waals surface area contributed by atoms with E-state index in [9.17, 15) is 19.7 Å². The molecule has 0 aliphatic carbocycles. The van der Waals surface area contributed by atoms with E-state index in [2.05, 4.69) is 10.1 Å². The summed E-state index contributed by atoms with van der Waals surface area (Å²) in [5.41, 5.74) is -0.0994. The molecule has 0 saturated carbocycles. The lowest BCUT2D eigenvalue weighted by atomic mass is 10.1. The van der Waals surface area contributed by atoms with Crippen molar-refractivity contribution in [3.05, 3.63) is 33.9 Å². The number of nitro groups is 1. The number of benzene rings is 1. The van der Waals surface area contributed by atoms with Crippen molar-refractivity contribution in [2.75, 3.05) is 12.4 Å². The molecule has 0 aliphatic rings. The van der Waals surface area contributed by atoms with Crippen molar-refractivity contribution in [1.29, 1.82) is 0 Å². The maximum Gasteiger partial charge on any atom is 0.340 e. The summed E-state index contributed by atoms with van der Waals surface area (Å²) in [7, 11) is 1.16. The van der Waals surface area contributed by atoms with E-state index >= 15 is 0 Å². The standard InChI is InChI=1S/C11H12N2O5/c1-3-10(14)12-9-5-4-7(13(16)17)6-8(9)11(15)18-2/h4-6H,3H2,1-2H3,(H,12,14). The molecule has 0 spiro atoms. The molecule has 1 N–H and O–H groups in total. The fourth-order valence-electron chi connectivity index (χ4n) is 1.27. The number of carbonyl (C=O) groups excluding carboxylic acids is 2. The topological polar surface area (TPSA) is 98.5 Å². The van der Waals surface area contributed by atoms with Gasteiger partial charge in [-0.2, -0.15) is 0 Å². The summed E-state index contributed by atoms with van der Waals surface area (Å²) in [6, 6.07) is 3.58. The molecule has 1 aromatic carbocycles. The van der Waals surface area contributed by atoms with Gasteiger partial charge in [0.25, 0.3) is 5.69 Å². The summed E-state index contributed by atoms with van der Waals surface area (Å²) in [5, 5.41) is 13.1. The van der Waals surface area contributed by atoms with Gasteiger partial charge in [-0.25, -0.2) is 4.79 Å². The quantitative estimate of drug-likeness (QED) is 0.499. The summed E-state index contributed by atoms with van der Waals surface area (Å²) in [6.07, 6.45) is 0.234. The van der Waals surface area contributed by atoms with Crippen LogP contribution in [-0.4, -0.2) is 23.9 Å². The Kier molecular flexibility index (Phi) is 4.36. The van der Waals surface area contributed by atoms with Gasteiger partial charge in [0.1, 0.15) is 0 Å². The number of anilines is 1. The van der Waals surface area contributed by atoms with Crippen molar-refractivity contribution in [2.24, 2.45) is 0 Å². The lowest BCUT2D eigenvalue weighted by Crippen LogP contribution is -2.14. The molecule has 1 amide bonds. The van der Waals surface area contributed by atoms with Gasteiger partial charge in [-0.3, -0.25) is 14.9 Å². The monoisotopic (exact) mass is 252 g/mol. The van der Waals surface area contributed by atoms with Crippen LogP contribution in [0.4, 0.5) is 11.4 Å². The van der Waals surface area contributed by atoms with Crippen molar-refractivity contribution in [2.45, 2.75) is 13.3 Å². The number of rotatable bonds is 4. The van der Waals surface area contributed by atoms with Gasteiger partial charge in [-0.15, -0.1) is 0 Å². The van der Waals surface area contributed by atoms with Crippen LogP contribution in [0.2, 0.25) is 0 Å². The predicted octanol–water partition coefficient (Wildman–Crippen LogP) is 1.73. The molecule has 0 bridgehead atoms. The van der Waals surface area contributed by atoms with Crippen molar-refractivity contribution in [3.8, 4) is 0 Å². The van der Waals surface area contributed by atoms with Gasteiger partial charge in [0.15, 0.2) is 0 Å². The second-order valence-electron chi connectivity index (χ2n) is 3.38. The highest BCUT2D eigenvalue weighted by Crippen LogP contribution is 2.23. The highest BCUT2D eigenvalue weighted by atomic mass is 16.6. The second-order valence-corrected chi connectivity index (χ2v) is 3.38. The van der Waals surface area contributed by atoms with Crippen molar-refractivity contribution in [3.63, 3.8) is 0 Å². The summed E-state index contributed by atoms with van der Waals surface area (Å²) in [6.45, 7) is 1.65. The number of carbonyl (C=O) groups is 2. The SMILES string of the molecule is CCC(=O)Nc1ccc([N+](=O)[O-])cc1C(=O)OC. The molecule has 0 heterocycles. The van der Waals surface area contributed by atoms with Crippen molar-refractivity contribution >= 4 is 23.3 Å². The van der Waals surface area contributed by atoms with Gasteiger partial charge in [0.05, 0.1) is 23.3 Å². The molecule has 1 rings (SSSR count). The normalized spacial score (nSPS) is 9.67. The van der Waals surface area contributed by atoms with Crippen LogP contribution in [0.1, 0.15) is 23.7 Å². The van der Waals surface area contributed by atoms with E-state index in [0.717, 1.165) is 13.2 Å². The molecule has 0 saturated heterocycles. The number of amides is 1. The first kappa shape index (κ1) is 13.6. The first-order valence-electron chi connectivity index (χ1n) is 5.16. The minimum absolute atomic E-state index is 0.0477. The van der Waals surface area contributed by atoms with Gasteiger partial charge >= 0.3 is 5.97 Å². The predicted molar refractivity (Wildman–Crippen MR) is 63.4 cm³/mol. The van der Waals surface area contributed by atoms with E-state index in [1.54, 1.807) is 6.92 Å². The highest BCUT2D eigenvalue weighted by Gasteiger charge is 2.18. The van der Waals surface area contributed by atoms with E-state index in [1.807, 2.05) is 0 Å². The fourth-order valence-corrected chi connectivity index (χ4v) is 1.27. The Bertz CT molecular complexity index is 498. The van der Waals surface area contributed by atoms with Crippen LogP contribution in [0.15, 0.2) is 18.2 Å². The molecule has 7 heteroatoms. The van der Waals surface area contributed by atoms with Crippen LogP contribution in [0.3, 0.4) is 0 Å². The summed E-state index contributed by atoms with van der Waals surface area (Å²) in [5.74, 6) is -1.04. The first-order chi connectivity index (χ1) is 8.49. The molecule has 18 heavy (non-hydrogen) atoms. The van der Waals surface area contributed by atoms with Crippen LogP contribution in [0, 0.1) is 10.1 Å². The first-order valence-corrected chi connectivity index (χ1v) is 5.16. The number of nitro benzene ring substituents is 1. The lowest BCUT2D eigenvalue weighted by molar-refractivity contribution is -0.384. The van der Waals surface area contributed by atoms with Gasteiger partial charge in [-0.1, -0.05) is 6.92 Å². The van der Waals surface area contributed by atoms with Crippen molar-refractivity contribution in [1.82, 2.24) is 0 Å². The molecule has 96 valence electrons. The summed E-state index contributed by atoms with van der Waals surface area (Å²) in [4.78, 5) is 32.7. The van der Waals surface area contributed by atoms with E-state index in [0.29, 0.717) is 0 Å². The number of hydrogen-bond donors (Lipinski definition) is 1. The Hall–Kier alpha value is -2.44. The number of ether oxygens (including phenoxy) is 1. The molecular formula is C11H12N2O5. The summed E-state index contributed by atoms with van der Waals surface area (Å²) < 4.78 is 4.51. The molecule has 0 unspecified atom stereocenters. The third-order valence-corrected chi connectivity index (χ3v) is 2.21. The Morgan fingerprint density at radius 2 is 2.11 bits per heavy atom. The molecule has 0 atom stereocenters. The van der Waals surface area contributed by atoms with Gasteiger partial charge in [0.2, 0.25) is 5.91 Å². The third-order valence-electron chi connectivity index (χ3n) is 2.21. The Balaban J connectivity index is 3.20. The average Bonchev–Trinajstić information content (AvgIpc) is 2.37. The molecule has 0 radical (unpaired) electrons. The third kappa shape index (κ3) is 3.03. The Morgan fingerprint density at radius 3 is 2.61 bits per heavy atom. The minimum Gasteiger partial charge on any atom is -0.465 e. The van der Waals surface area contributed by atoms with Crippen molar-refractivity contribution < 1.29 is 19.2 Å². The summed E-state index contributed by atoms with van der Waals surface area (Å²) >= 11 is 0. The molecular weight excluding hydrogens is 240 g/mol.